The van der Waals surface area contributed by atoms with Gasteiger partial charge >= 0.3 is 0 Å². The van der Waals surface area contributed by atoms with E-state index in [1.165, 1.54) is 19.3 Å². The Kier molecular flexibility index (Phi) is 3.37. The first-order valence-corrected chi connectivity index (χ1v) is 5.39. The Hall–Kier alpha value is -0.610. The highest BCUT2D eigenvalue weighted by Crippen LogP contribution is 2.16. The summed E-state index contributed by atoms with van der Waals surface area (Å²) in [5, 5.41) is 7.90. The molecule has 0 bridgehead atoms. The Bertz CT molecular complexity index is 283. The number of aromatic nitrogens is 3. The molecule has 2 rings (SSSR count). The first kappa shape index (κ1) is 9.93. The maximum Gasteiger partial charge on any atom is 0.224 e. The van der Waals surface area contributed by atoms with Gasteiger partial charge in [-0.1, -0.05) is 0 Å². The van der Waals surface area contributed by atoms with E-state index in [-0.39, 0.29) is 0 Å². The van der Waals surface area contributed by atoms with Crippen LogP contribution in [0.3, 0.4) is 0 Å². The van der Waals surface area contributed by atoms with Crippen LogP contribution >= 0.6 is 11.6 Å². The molecule has 0 amide bonds. The van der Waals surface area contributed by atoms with E-state index in [0.29, 0.717) is 11.4 Å². The number of hydrogen-bond donors (Lipinski definition) is 0. The van der Waals surface area contributed by atoms with Gasteiger partial charge in [0.1, 0.15) is 6.33 Å². The first-order valence-electron chi connectivity index (χ1n) is 5.01. The molecule has 14 heavy (non-hydrogen) atoms. The van der Waals surface area contributed by atoms with Gasteiger partial charge in [0.15, 0.2) is 0 Å². The predicted octanol–water partition coefficient (Wildman–Crippen LogP) is 1.89. The van der Waals surface area contributed by atoms with Crippen molar-refractivity contribution in [2.75, 3.05) is 6.61 Å². The van der Waals surface area contributed by atoms with Crippen molar-refractivity contribution in [1.29, 1.82) is 0 Å². The van der Waals surface area contributed by atoms with E-state index >= 15 is 0 Å². The van der Waals surface area contributed by atoms with Crippen LogP contribution in [0.25, 0.3) is 0 Å². The standard InChI is InChI=1S/C9H14ClN3O/c10-9-12-11-7-13(9)5-4-8-3-1-2-6-14-8/h7-8H,1-6H2. The summed E-state index contributed by atoms with van der Waals surface area (Å²) in [6, 6.07) is 0. The van der Waals surface area contributed by atoms with Crippen molar-refractivity contribution in [1.82, 2.24) is 14.8 Å². The van der Waals surface area contributed by atoms with Crippen LogP contribution in [0.5, 0.6) is 0 Å². The second-order valence-corrected chi connectivity index (χ2v) is 3.91. The number of rotatable bonds is 3. The van der Waals surface area contributed by atoms with Gasteiger partial charge in [-0.3, -0.25) is 0 Å². The van der Waals surface area contributed by atoms with Crippen molar-refractivity contribution in [3.8, 4) is 0 Å². The third-order valence-electron chi connectivity index (χ3n) is 2.53. The number of halogens is 1. The van der Waals surface area contributed by atoms with Crippen molar-refractivity contribution < 1.29 is 4.74 Å². The molecule has 1 aromatic heterocycles. The Morgan fingerprint density at radius 2 is 2.50 bits per heavy atom. The minimum atomic E-state index is 0.391. The predicted molar refractivity (Wildman–Crippen MR) is 53.2 cm³/mol. The molecule has 1 saturated heterocycles. The van der Waals surface area contributed by atoms with Crippen LogP contribution in [-0.2, 0) is 11.3 Å². The lowest BCUT2D eigenvalue weighted by Gasteiger charge is -2.22. The zero-order chi connectivity index (χ0) is 9.80. The van der Waals surface area contributed by atoms with E-state index in [1.54, 1.807) is 6.33 Å². The molecule has 1 fully saturated rings. The maximum absolute atomic E-state index is 5.81. The van der Waals surface area contributed by atoms with Crippen molar-refractivity contribution in [2.24, 2.45) is 0 Å². The largest absolute Gasteiger partial charge is 0.378 e. The molecule has 4 nitrogen and oxygen atoms in total. The van der Waals surface area contributed by atoms with Crippen LogP contribution in [0.1, 0.15) is 25.7 Å². The molecule has 2 heterocycles. The second-order valence-electron chi connectivity index (χ2n) is 3.57. The molecule has 0 radical (unpaired) electrons. The fourth-order valence-corrected chi connectivity index (χ4v) is 1.88. The third kappa shape index (κ3) is 2.45. The van der Waals surface area contributed by atoms with Crippen LogP contribution in [-0.4, -0.2) is 27.5 Å². The zero-order valence-corrected chi connectivity index (χ0v) is 8.78. The molecule has 0 aromatic carbocycles. The summed E-state index contributed by atoms with van der Waals surface area (Å²) >= 11 is 5.81. The number of aryl methyl sites for hydroxylation is 1. The normalized spacial score (nSPS) is 22.5. The van der Waals surface area contributed by atoms with Gasteiger partial charge < -0.3 is 9.30 Å². The molecule has 5 heteroatoms. The lowest BCUT2D eigenvalue weighted by Crippen LogP contribution is -2.20. The molecule has 0 saturated carbocycles. The Morgan fingerprint density at radius 1 is 1.57 bits per heavy atom. The summed E-state index contributed by atoms with van der Waals surface area (Å²) in [4.78, 5) is 0. The van der Waals surface area contributed by atoms with Crippen molar-refractivity contribution >= 4 is 11.6 Å². The highest BCUT2D eigenvalue weighted by molar-refractivity contribution is 6.28. The van der Waals surface area contributed by atoms with Crippen LogP contribution < -0.4 is 0 Å². The fraction of sp³-hybridized carbons (Fsp3) is 0.778. The van der Waals surface area contributed by atoms with Gasteiger partial charge in [0.25, 0.3) is 0 Å². The van der Waals surface area contributed by atoms with E-state index in [9.17, 15) is 0 Å². The maximum atomic E-state index is 5.81. The summed E-state index contributed by atoms with van der Waals surface area (Å²) in [6.07, 6.45) is 6.69. The minimum Gasteiger partial charge on any atom is -0.378 e. The van der Waals surface area contributed by atoms with Crippen molar-refractivity contribution in [3.05, 3.63) is 11.6 Å². The smallest absolute Gasteiger partial charge is 0.224 e. The lowest BCUT2D eigenvalue weighted by molar-refractivity contribution is 0.00880. The monoisotopic (exact) mass is 215 g/mol. The Labute approximate surface area is 88.2 Å². The van der Waals surface area contributed by atoms with Crippen molar-refractivity contribution in [3.63, 3.8) is 0 Å². The third-order valence-corrected chi connectivity index (χ3v) is 2.83. The summed E-state index contributed by atoms with van der Waals surface area (Å²) in [6.45, 7) is 1.75. The first-order chi connectivity index (χ1) is 6.86. The quantitative estimate of drug-likeness (QED) is 0.773. The molecular weight excluding hydrogens is 202 g/mol. The molecule has 0 N–H and O–H groups in total. The molecule has 1 aromatic rings. The molecule has 1 unspecified atom stereocenters. The minimum absolute atomic E-state index is 0.391. The van der Waals surface area contributed by atoms with Crippen LogP contribution in [0.15, 0.2) is 6.33 Å². The van der Waals surface area contributed by atoms with Crippen molar-refractivity contribution in [2.45, 2.75) is 38.3 Å². The van der Waals surface area contributed by atoms with E-state index in [0.717, 1.165) is 19.6 Å². The van der Waals surface area contributed by atoms with Gasteiger partial charge in [-0.2, -0.15) is 0 Å². The second kappa shape index (κ2) is 4.75. The Balaban J connectivity index is 1.79. The number of nitrogens with zero attached hydrogens (tertiary/aromatic N) is 3. The van der Waals surface area contributed by atoms with E-state index in [1.807, 2.05) is 4.57 Å². The lowest BCUT2D eigenvalue weighted by atomic mass is 10.1. The summed E-state index contributed by atoms with van der Waals surface area (Å²) in [5.74, 6) is 0. The summed E-state index contributed by atoms with van der Waals surface area (Å²) in [5.41, 5.74) is 0. The van der Waals surface area contributed by atoms with Crippen LogP contribution in [0.2, 0.25) is 5.28 Å². The van der Waals surface area contributed by atoms with E-state index in [2.05, 4.69) is 10.2 Å². The molecule has 1 atom stereocenters. The molecule has 1 aliphatic heterocycles. The molecule has 1 aliphatic rings. The summed E-state index contributed by atoms with van der Waals surface area (Å²) < 4.78 is 7.47. The molecule has 78 valence electrons. The number of hydrogen-bond acceptors (Lipinski definition) is 3. The van der Waals surface area contributed by atoms with Gasteiger partial charge in [-0.05, 0) is 37.3 Å². The van der Waals surface area contributed by atoms with Crippen LogP contribution in [0, 0.1) is 0 Å². The average molecular weight is 216 g/mol. The zero-order valence-electron chi connectivity index (χ0n) is 8.03. The summed E-state index contributed by atoms with van der Waals surface area (Å²) in [7, 11) is 0. The molecule has 0 aliphatic carbocycles. The van der Waals surface area contributed by atoms with Gasteiger partial charge in [-0.25, -0.2) is 0 Å². The van der Waals surface area contributed by atoms with Gasteiger partial charge in [-0.15, -0.1) is 10.2 Å². The van der Waals surface area contributed by atoms with E-state index in [4.69, 9.17) is 16.3 Å². The average Bonchev–Trinajstić information content (AvgIpc) is 2.63. The number of ether oxygens (including phenoxy) is 1. The SMILES string of the molecule is Clc1nncn1CCC1CCCCO1. The van der Waals surface area contributed by atoms with Gasteiger partial charge in [0.05, 0.1) is 6.10 Å². The highest BCUT2D eigenvalue weighted by atomic mass is 35.5. The topological polar surface area (TPSA) is 39.9 Å². The van der Waals surface area contributed by atoms with Gasteiger partial charge in [0, 0.05) is 13.2 Å². The van der Waals surface area contributed by atoms with Crippen LogP contribution in [0.4, 0.5) is 0 Å². The van der Waals surface area contributed by atoms with Gasteiger partial charge in [0.2, 0.25) is 5.28 Å². The molecular formula is C9H14ClN3O. The fourth-order valence-electron chi connectivity index (χ4n) is 1.71. The molecule has 0 spiro atoms. The Morgan fingerprint density at radius 3 is 3.14 bits per heavy atom. The van der Waals surface area contributed by atoms with E-state index < -0.39 is 0 Å². The highest BCUT2D eigenvalue weighted by Gasteiger charge is 2.13.